The number of aryl methyl sites for hydroxylation is 1. The van der Waals surface area contributed by atoms with E-state index < -0.39 is 0 Å². The summed E-state index contributed by atoms with van der Waals surface area (Å²) in [4.78, 5) is 9.81. The second-order valence-corrected chi connectivity index (χ2v) is 5.47. The summed E-state index contributed by atoms with van der Waals surface area (Å²) in [5.41, 5.74) is 7.72. The van der Waals surface area contributed by atoms with Crippen molar-refractivity contribution in [3.05, 3.63) is 46.4 Å². The molecule has 3 nitrogen and oxygen atoms in total. The lowest BCUT2D eigenvalue weighted by Crippen LogP contribution is -2.03. The van der Waals surface area contributed by atoms with E-state index in [9.17, 15) is 0 Å². The maximum atomic E-state index is 5.93. The van der Waals surface area contributed by atoms with Crippen molar-refractivity contribution < 1.29 is 0 Å². The van der Waals surface area contributed by atoms with Gasteiger partial charge < -0.3 is 5.73 Å². The van der Waals surface area contributed by atoms with Gasteiger partial charge in [-0.15, -0.1) is 11.8 Å². The molecule has 1 aromatic heterocycles. The third kappa shape index (κ3) is 3.15. The normalized spacial score (nSPS) is 10.6. The first-order valence-electron chi connectivity index (χ1n) is 5.54. The molecule has 0 aliphatic rings. The zero-order valence-corrected chi connectivity index (χ0v) is 11.8. The minimum absolute atomic E-state index is 0.559. The summed E-state index contributed by atoms with van der Waals surface area (Å²) in [5, 5.41) is 0.737. The molecule has 2 aromatic rings. The molecule has 0 aliphatic carbocycles. The van der Waals surface area contributed by atoms with Crippen LogP contribution in [0.4, 0.5) is 5.82 Å². The predicted octanol–water partition coefficient (Wildman–Crippen LogP) is 3.62. The van der Waals surface area contributed by atoms with Gasteiger partial charge in [0.15, 0.2) is 0 Å². The van der Waals surface area contributed by atoms with Crippen LogP contribution < -0.4 is 5.73 Å². The van der Waals surface area contributed by atoms with Crippen molar-refractivity contribution in [2.24, 2.45) is 0 Å². The van der Waals surface area contributed by atoms with E-state index in [1.807, 2.05) is 38.1 Å². The van der Waals surface area contributed by atoms with Gasteiger partial charge in [-0.05, 0) is 32.0 Å². The van der Waals surface area contributed by atoms with E-state index in [1.54, 1.807) is 11.8 Å². The number of thioether (sulfide) groups is 1. The smallest absolute Gasteiger partial charge is 0.141 e. The van der Waals surface area contributed by atoms with E-state index >= 15 is 0 Å². The molecule has 1 heterocycles. The van der Waals surface area contributed by atoms with Crippen LogP contribution in [0.2, 0.25) is 5.02 Å². The van der Waals surface area contributed by atoms with Crippen LogP contribution in [-0.4, -0.2) is 9.97 Å². The summed E-state index contributed by atoms with van der Waals surface area (Å²) in [7, 11) is 0. The number of benzene rings is 1. The maximum Gasteiger partial charge on any atom is 0.141 e. The molecule has 0 unspecified atom stereocenters. The van der Waals surface area contributed by atoms with Gasteiger partial charge >= 0.3 is 0 Å². The molecule has 5 heteroatoms. The minimum Gasteiger partial charge on any atom is -0.383 e. The van der Waals surface area contributed by atoms with Gasteiger partial charge in [-0.1, -0.05) is 17.7 Å². The molecule has 0 fully saturated rings. The van der Waals surface area contributed by atoms with Crippen LogP contribution in [0.3, 0.4) is 0 Å². The molecule has 0 bridgehead atoms. The van der Waals surface area contributed by atoms with Crippen LogP contribution in [0, 0.1) is 13.8 Å². The first kappa shape index (κ1) is 13.2. The topological polar surface area (TPSA) is 51.8 Å². The highest BCUT2D eigenvalue weighted by atomic mass is 35.5. The van der Waals surface area contributed by atoms with Crippen molar-refractivity contribution in [3.8, 4) is 0 Å². The van der Waals surface area contributed by atoms with Crippen molar-refractivity contribution in [3.63, 3.8) is 0 Å². The van der Waals surface area contributed by atoms with E-state index in [0.717, 1.165) is 27.0 Å². The lowest BCUT2D eigenvalue weighted by molar-refractivity contribution is 0.981. The number of halogens is 1. The van der Waals surface area contributed by atoms with Crippen molar-refractivity contribution in [2.75, 3.05) is 5.73 Å². The van der Waals surface area contributed by atoms with E-state index in [0.29, 0.717) is 11.6 Å². The van der Waals surface area contributed by atoms with Gasteiger partial charge in [0.2, 0.25) is 0 Å². The highest BCUT2D eigenvalue weighted by Gasteiger charge is 2.06. The summed E-state index contributed by atoms with van der Waals surface area (Å²) >= 11 is 7.58. The molecule has 0 saturated carbocycles. The Morgan fingerprint density at radius 1 is 1.28 bits per heavy atom. The number of aromatic nitrogens is 2. The Balaban J connectivity index is 2.11. The number of hydrogen-bond acceptors (Lipinski definition) is 4. The van der Waals surface area contributed by atoms with Crippen molar-refractivity contribution >= 4 is 29.2 Å². The van der Waals surface area contributed by atoms with Gasteiger partial charge in [0.25, 0.3) is 0 Å². The second kappa shape index (κ2) is 5.59. The number of nitrogens with two attached hydrogens (primary N) is 1. The molecule has 2 rings (SSSR count). The van der Waals surface area contributed by atoms with Crippen molar-refractivity contribution in [1.82, 2.24) is 9.97 Å². The molecular formula is C13H14ClN3S. The lowest BCUT2D eigenvalue weighted by atomic mass is 10.2. The van der Waals surface area contributed by atoms with Crippen molar-refractivity contribution in [2.45, 2.75) is 24.5 Å². The van der Waals surface area contributed by atoms with Gasteiger partial charge in [0.1, 0.15) is 11.6 Å². The molecular weight excluding hydrogens is 266 g/mol. The summed E-state index contributed by atoms with van der Waals surface area (Å²) in [6, 6.07) is 7.73. The van der Waals surface area contributed by atoms with Gasteiger partial charge in [-0.25, -0.2) is 9.97 Å². The molecule has 0 atom stereocenters. The fraction of sp³-hybridized carbons (Fsp3) is 0.231. The highest BCUT2D eigenvalue weighted by Crippen LogP contribution is 2.24. The third-order valence-electron chi connectivity index (χ3n) is 2.64. The number of nitrogen functional groups attached to an aromatic ring is 1. The van der Waals surface area contributed by atoms with Gasteiger partial charge in [0.05, 0.1) is 5.75 Å². The van der Waals surface area contributed by atoms with Crippen LogP contribution >= 0.6 is 23.4 Å². The Kier molecular flexibility index (Phi) is 4.09. The van der Waals surface area contributed by atoms with Crippen LogP contribution in [-0.2, 0) is 5.75 Å². The van der Waals surface area contributed by atoms with E-state index in [1.165, 1.54) is 0 Å². The maximum absolute atomic E-state index is 5.93. The molecule has 0 saturated heterocycles. The summed E-state index contributed by atoms with van der Waals surface area (Å²) in [5.74, 6) is 2.00. The van der Waals surface area contributed by atoms with Crippen LogP contribution in [0.15, 0.2) is 29.2 Å². The van der Waals surface area contributed by atoms with Gasteiger partial charge in [0, 0.05) is 21.2 Å². The molecule has 18 heavy (non-hydrogen) atoms. The number of anilines is 1. The molecule has 2 N–H and O–H groups in total. The molecule has 0 radical (unpaired) electrons. The summed E-state index contributed by atoms with van der Waals surface area (Å²) in [6.07, 6.45) is 0. The average Bonchev–Trinajstić information content (AvgIpc) is 2.33. The quantitative estimate of drug-likeness (QED) is 0.872. The third-order valence-corrected chi connectivity index (χ3v) is 3.86. The first-order valence-corrected chi connectivity index (χ1v) is 6.90. The Morgan fingerprint density at radius 2 is 2.06 bits per heavy atom. The predicted molar refractivity (Wildman–Crippen MR) is 76.9 cm³/mol. The molecule has 1 aromatic carbocycles. The zero-order chi connectivity index (χ0) is 13.1. The van der Waals surface area contributed by atoms with Crippen LogP contribution in [0.1, 0.15) is 17.1 Å². The standard InChI is InChI=1S/C13H14ClN3S/c1-8-9(2)16-12(17-13(8)15)7-18-11-5-3-4-10(14)6-11/h3-6H,7H2,1-2H3,(H2,15,16,17). The Bertz CT molecular complexity index is 549. The fourth-order valence-electron chi connectivity index (χ4n) is 1.48. The largest absolute Gasteiger partial charge is 0.383 e. The molecule has 94 valence electrons. The number of rotatable bonds is 3. The van der Waals surface area contributed by atoms with E-state index in [2.05, 4.69) is 9.97 Å². The molecule has 0 amide bonds. The Morgan fingerprint density at radius 3 is 2.72 bits per heavy atom. The fourth-order valence-corrected chi connectivity index (χ4v) is 2.54. The highest BCUT2D eigenvalue weighted by molar-refractivity contribution is 7.98. The second-order valence-electron chi connectivity index (χ2n) is 3.98. The average molecular weight is 280 g/mol. The zero-order valence-electron chi connectivity index (χ0n) is 10.3. The van der Waals surface area contributed by atoms with E-state index in [4.69, 9.17) is 17.3 Å². The van der Waals surface area contributed by atoms with E-state index in [-0.39, 0.29) is 0 Å². The lowest BCUT2D eigenvalue weighted by Gasteiger charge is -2.06. The minimum atomic E-state index is 0.559. The van der Waals surface area contributed by atoms with Crippen LogP contribution in [0.25, 0.3) is 0 Å². The Hall–Kier alpha value is -1.26. The Labute approximate surface area is 116 Å². The summed E-state index contributed by atoms with van der Waals surface area (Å²) < 4.78 is 0. The molecule has 0 aliphatic heterocycles. The number of nitrogens with zero attached hydrogens (tertiary/aromatic N) is 2. The number of hydrogen-bond donors (Lipinski definition) is 1. The monoisotopic (exact) mass is 279 g/mol. The first-order chi connectivity index (χ1) is 8.56. The summed E-state index contributed by atoms with van der Waals surface area (Å²) in [6.45, 7) is 3.87. The SMILES string of the molecule is Cc1nc(CSc2cccc(Cl)c2)nc(N)c1C. The van der Waals surface area contributed by atoms with Gasteiger partial charge in [-0.3, -0.25) is 0 Å². The van der Waals surface area contributed by atoms with Crippen molar-refractivity contribution in [1.29, 1.82) is 0 Å². The van der Waals surface area contributed by atoms with Gasteiger partial charge in [-0.2, -0.15) is 0 Å². The molecule has 0 spiro atoms. The van der Waals surface area contributed by atoms with Crippen LogP contribution in [0.5, 0.6) is 0 Å².